The van der Waals surface area contributed by atoms with E-state index in [0.717, 1.165) is 33.7 Å². The van der Waals surface area contributed by atoms with Gasteiger partial charge in [-0.2, -0.15) is 11.3 Å². The third kappa shape index (κ3) is 8.20. The molecule has 1 N–H and O–H groups in total. The van der Waals surface area contributed by atoms with E-state index in [2.05, 4.69) is 194 Å². The molecular formula is C57H47GeIrN3S-2. The quantitative estimate of drug-likeness (QED) is 0.106. The number of H-pyrrole nitrogens is 1. The van der Waals surface area contributed by atoms with E-state index in [1.54, 1.807) is 0 Å². The summed E-state index contributed by atoms with van der Waals surface area (Å²) < 4.78 is 3.93. The zero-order chi connectivity index (χ0) is 42.6. The Morgan fingerprint density at radius 2 is 1.38 bits per heavy atom. The molecule has 0 atom stereocenters. The summed E-state index contributed by atoms with van der Waals surface area (Å²) in [4.78, 5) is 13.7. The normalized spacial score (nSPS) is 11.8. The summed E-state index contributed by atoms with van der Waals surface area (Å²) in [5.41, 5.74) is 11.2. The van der Waals surface area contributed by atoms with Gasteiger partial charge in [-0.3, -0.25) is 4.98 Å². The molecule has 0 spiro atoms. The molecule has 1 radical (unpaired) electrons. The van der Waals surface area contributed by atoms with Crippen molar-refractivity contribution in [1.29, 1.82) is 0 Å². The second kappa shape index (κ2) is 17.1. The molecule has 0 fully saturated rings. The summed E-state index contributed by atoms with van der Waals surface area (Å²) in [6.45, 7) is 6.85. The minimum Gasteiger partial charge on any atom is 0 e. The number of nitrogens with zero attached hydrogens (tertiary/aromatic N) is 2. The Kier molecular flexibility index (Phi) is 11.6. The Morgan fingerprint density at radius 3 is 2.13 bits per heavy atom. The first kappa shape index (κ1) is 42.6. The summed E-state index contributed by atoms with van der Waals surface area (Å²) in [5.74, 6) is 7.99. The predicted octanol–water partition coefficient (Wildman–Crippen LogP) is 15.4. The molecule has 11 aromatic rings. The molecule has 0 saturated heterocycles. The number of thiophene rings is 1. The average molecular weight is 1070 g/mol. The average Bonchev–Trinajstić information content (AvgIpc) is 3.90. The van der Waals surface area contributed by atoms with Gasteiger partial charge in [-0.15, -0.1) is 18.2 Å². The number of fused-ring (bicyclic) bond motifs is 7. The van der Waals surface area contributed by atoms with Gasteiger partial charge in [0.2, 0.25) is 0 Å². The van der Waals surface area contributed by atoms with Gasteiger partial charge in [0, 0.05) is 30.4 Å². The molecule has 0 aliphatic rings. The summed E-state index contributed by atoms with van der Waals surface area (Å²) >= 11 is 0.0949. The predicted molar refractivity (Wildman–Crippen MR) is 269 cm³/mol. The Hall–Kier alpha value is -5.69. The van der Waals surface area contributed by atoms with Gasteiger partial charge < -0.3 is 4.98 Å². The molecular weight excluding hydrogens is 1020 g/mol. The van der Waals surface area contributed by atoms with E-state index < -0.39 is 13.3 Å². The van der Waals surface area contributed by atoms with Gasteiger partial charge in [0.25, 0.3) is 0 Å². The van der Waals surface area contributed by atoms with Crippen molar-refractivity contribution in [3.05, 3.63) is 188 Å². The molecule has 0 bridgehead atoms. The third-order valence-corrected chi connectivity index (χ3v) is 17.4. The van der Waals surface area contributed by atoms with Gasteiger partial charge in [0.1, 0.15) is 0 Å². The van der Waals surface area contributed by atoms with E-state index in [-0.39, 0.29) is 25.5 Å². The fourth-order valence-electron chi connectivity index (χ4n) is 8.52. The molecule has 311 valence electrons. The molecule has 8 aromatic carbocycles. The van der Waals surface area contributed by atoms with Gasteiger partial charge in [0.05, 0.1) is 16.9 Å². The number of pyridine rings is 1. The number of hydrogen-bond donors (Lipinski definition) is 1. The van der Waals surface area contributed by atoms with Crippen LogP contribution in [0.3, 0.4) is 0 Å². The van der Waals surface area contributed by atoms with E-state index in [4.69, 9.17) is 4.98 Å². The van der Waals surface area contributed by atoms with Gasteiger partial charge in [-0.25, -0.2) is 0 Å². The van der Waals surface area contributed by atoms with Gasteiger partial charge >= 0.3 is 99.8 Å². The molecule has 0 aliphatic carbocycles. The third-order valence-electron chi connectivity index (χ3n) is 11.9. The van der Waals surface area contributed by atoms with Crippen molar-refractivity contribution in [2.24, 2.45) is 0 Å². The Morgan fingerprint density at radius 1 is 0.619 bits per heavy atom. The number of nitrogens with one attached hydrogen (secondary N) is 1. The SMILES string of the molecule is CC(C)(C)c1ccc(-c2c3ccc4ccccc4c3cc3nc(-c4[c-]ccc5c4sc4ccccc45)[nH]c23)c(-c2ccccc2)c1.[CH3][Ge]([CH3])([CH3])[c]1ccc(-c2[c-]cccc2)nc1.[Ir]. The zero-order valence-corrected chi connectivity index (χ0v) is 41.6. The maximum atomic E-state index is 5.33. The van der Waals surface area contributed by atoms with Crippen LogP contribution in [0, 0.1) is 12.1 Å². The molecule has 6 heteroatoms. The molecule has 0 aliphatic heterocycles. The van der Waals surface area contributed by atoms with Crippen LogP contribution < -0.4 is 4.40 Å². The number of rotatable bonds is 5. The van der Waals surface area contributed by atoms with Crippen LogP contribution in [0.1, 0.15) is 26.3 Å². The first-order chi connectivity index (χ1) is 30.0. The zero-order valence-electron chi connectivity index (χ0n) is 36.3. The molecule has 0 amide bonds. The minimum absolute atomic E-state index is 0. The van der Waals surface area contributed by atoms with Crippen LogP contribution in [0.4, 0.5) is 0 Å². The summed E-state index contributed by atoms with van der Waals surface area (Å²) in [6.07, 6.45) is 2.04. The molecule has 3 heterocycles. The molecule has 63 heavy (non-hydrogen) atoms. The second-order valence-corrected chi connectivity index (χ2v) is 29.8. The number of aromatic amines is 1. The molecule has 0 unspecified atom stereocenters. The van der Waals surface area contributed by atoms with Crippen molar-refractivity contribution in [2.75, 3.05) is 0 Å². The van der Waals surface area contributed by atoms with E-state index >= 15 is 0 Å². The van der Waals surface area contributed by atoms with Crippen LogP contribution in [0.25, 0.3) is 97.6 Å². The van der Waals surface area contributed by atoms with Crippen LogP contribution in [-0.4, -0.2) is 28.2 Å². The maximum Gasteiger partial charge on any atom is 0 e. The second-order valence-electron chi connectivity index (χ2n) is 18.1. The molecule has 11 rings (SSSR count). The Bertz CT molecular complexity index is 3410. The standard InChI is InChI=1S/C43H31N2S.C14H16GeN.Ir/c1-43(2,3)28-21-23-31(35(24-28)26-12-5-4-6-13-26)39-32-22-20-27-14-7-8-15-29(27)36(32)25-37-40(39)45-42(44-37)34-18-11-17-33-30-16-9-10-19-38(30)46-41(33)34;1-15(2,3)13-9-10-14(16-11-13)12-7-5-4-6-8-12;/h4-17,19-25H,1-3H3,(H,44,45);4-7,9-11H,1-3H3;/q2*-1;. The fourth-order valence-corrected chi connectivity index (χ4v) is 11.9. The minimum atomic E-state index is -1.72. The number of aromatic nitrogens is 3. The van der Waals surface area contributed by atoms with E-state index in [9.17, 15) is 0 Å². The molecule has 3 aromatic heterocycles. The first-order valence-electron chi connectivity index (χ1n) is 21.3. The van der Waals surface area contributed by atoms with Crippen molar-refractivity contribution in [2.45, 2.75) is 43.5 Å². The van der Waals surface area contributed by atoms with E-state index in [1.165, 1.54) is 73.9 Å². The number of hydrogen-bond acceptors (Lipinski definition) is 3. The monoisotopic (exact) mass is 1070 g/mol. The molecule has 3 nitrogen and oxygen atoms in total. The summed E-state index contributed by atoms with van der Waals surface area (Å²) in [7, 11) is 0. The fraction of sp³-hybridized carbons (Fsp3) is 0.123. The van der Waals surface area contributed by atoms with Gasteiger partial charge in [-0.05, 0) is 77.5 Å². The summed E-state index contributed by atoms with van der Waals surface area (Å²) in [5, 5.41) is 7.41. The van der Waals surface area contributed by atoms with Crippen LogP contribution >= 0.6 is 11.3 Å². The van der Waals surface area contributed by atoms with Crippen molar-refractivity contribution < 1.29 is 20.1 Å². The van der Waals surface area contributed by atoms with Crippen molar-refractivity contribution in [3.8, 4) is 44.9 Å². The Labute approximate surface area is 390 Å². The van der Waals surface area contributed by atoms with Crippen LogP contribution in [0.5, 0.6) is 0 Å². The number of benzene rings is 8. The maximum absolute atomic E-state index is 5.33. The van der Waals surface area contributed by atoms with Crippen molar-refractivity contribution in [1.82, 2.24) is 15.0 Å². The van der Waals surface area contributed by atoms with E-state index in [0.29, 0.717) is 0 Å². The van der Waals surface area contributed by atoms with Crippen molar-refractivity contribution >= 4 is 81.7 Å². The van der Waals surface area contributed by atoms with Gasteiger partial charge in [-0.1, -0.05) is 129 Å². The largest absolute Gasteiger partial charge is 0 e. The number of imidazole rings is 1. The van der Waals surface area contributed by atoms with Crippen LogP contribution in [0.15, 0.2) is 170 Å². The van der Waals surface area contributed by atoms with Crippen LogP contribution in [0.2, 0.25) is 17.3 Å². The first-order valence-corrected chi connectivity index (χ1v) is 29.5. The smallest absolute Gasteiger partial charge is 0 e. The van der Waals surface area contributed by atoms with E-state index in [1.807, 2.05) is 47.9 Å². The Balaban J connectivity index is 0.000000251. The van der Waals surface area contributed by atoms with Gasteiger partial charge in [0.15, 0.2) is 0 Å². The van der Waals surface area contributed by atoms with Crippen LogP contribution in [-0.2, 0) is 25.5 Å². The molecule has 0 saturated carbocycles. The van der Waals surface area contributed by atoms with Crippen molar-refractivity contribution in [3.63, 3.8) is 0 Å². The summed E-state index contributed by atoms with van der Waals surface area (Å²) in [6, 6.07) is 65.2. The topological polar surface area (TPSA) is 41.6 Å².